The molecule has 0 aromatic heterocycles. The summed E-state index contributed by atoms with van der Waals surface area (Å²) < 4.78 is 20.1. The Bertz CT molecular complexity index is 1020. The maximum atomic E-state index is 14.8. The van der Waals surface area contributed by atoms with Crippen molar-refractivity contribution >= 4 is 29.1 Å². The monoisotopic (exact) mass is 445 g/mol. The molecule has 2 saturated heterocycles. The molecule has 2 aromatic carbocycles. The number of hydrogen-bond acceptors (Lipinski definition) is 4. The summed E-state index contributed by atoms with van der Waals surface area (Å²) in [6.45, 7) is 3.75. The van der Waals surface area contributed by atoms with Crippen molar-refractivity contribution in [2.45, 2.75) is 6.04 Å². The molecule has 0 radical (unpaired) electrons. The molecule has 0 unspecified atom stereocenters. The minimum Gasteiger partial charge on any atom is -0.507 e. The van der Waals surface area contributed by atoms with Gasteiger partial charge in [-0.2, -0.15) is 0 Å². The Kier molecular flexibility index (Phi) is 6.36. The highest BCUT2D eigenvalue weighted by atomic mass is 35.5. The molecule has 2 aromatic rings. The van der Waals surface area contributed by atoms with Crippen molar-refractivity contribution in [3.63, 3.8) is 0 Å². The van der Waals surface area contributed by atoms with Crippen LogP contribution in [0.5, 0.6) is 0 Å². The van der Waals surface area contributed by atoms with Crippen molar-refractivity contribution in [2.75, 3.05) is 39.4 Å². The first-order valence-corrected chi connectivity index (χ1v) is 10.5. The van der Waals surface area contributed by atoms with Gasteiger partial charge in [-0.05, 0) is 30.3 Å². The molecule has 8 heteroatoms. The van der Waals surface area contributed by atoms with Gasteiger partial charge >= 0.3 is 0 Å². The number of morpholine rings is 1. The number of aliphatic hydroxyl groups excluding tert-OH is 1. The van der Waals surface area contributed by atoms with Gasteiger partial charge in [0.25, 0.3) is 11.7 Å². The molecule has 2 fully saturated rings. The molecule has 2 heterocycles. The average Bonchev–Trinajstić information content (AvgIpc) is 3.03. The minimum atomic E-state index is -1.00. The Morgan fingerprint density at radius 1 is 1.13 bits per heavy atom. The third-order valence-electron chi connectivity index (χ3n) is 5.76. The van der Waals surface area contributed by atoms with Crippen molar-refractivity contribution in [3.8, 4) is 0 Å². The van der Waals surface area contributed by atoms with Crippen molar-refractivity contribution in [2.24, 2.45) is 0 Å². The Hall–Kier alpha value is -2.74. The van der Waals surface area contributed by atoms with E-state index in [0.29, 0.717) is 30.3 Å². The van der Waals surface area contributed by atoms with Crippen LogP contribution in [-0.2, 0) is 14.3 Å². The standard InChI is InChI=1S/C23H22ClFN2O4/c24-16-7-5-15(6-8-16)21(28)19-20(17-3-1-2-4-18(17)25)27(23(30)22(19)29)10-9-26-11-13-31-14-12-26/h1-8,20,28H,9-14H2/p+1/t20-/m0/s1. The number of ketones is 1. The van der Waals surface area contributed by atoms with E-state index in [9.17, 15) is 19.1 Å². The van der Waals surface area contributed by atoms with Crippen molar-refractivity contribution in [1.82, 2.24) is 4.90 Å². The van der Waals surface area contributed by atoms with Crippen molar-refractivity contribution in [1.29, 1.82) is 0 Å². The number of likely N-dealkylation sites (tertiary alicyclic amines) is 1. The molecule has 6 nitrogen and oxygen atoms in total. The number of Topliss-reactive ketones (excluding diaryl/α,β-unsaturated/α-hetero) is 1. The Morgan fingerprint density at radius 2 is 1.81 bits per heavy atom. The molecule has 0 saturated carbocycles. The van der Waals surface area contributed by atoms with E-state index in [-0.39, 0.29) is 23.4 Å². The van der Waals surface area contributed by atoms with Crippen molar-refractivity contribution < 1.29 is 28.7 Å². The fraction of sp³-hybridized carbons (Fsp3) is 0.304. The van der Waals surface area contributed by atoms with E-state index in [1.807, 2.05) is 0 Å². The number of amides is 1. The van der Waals surface area contributed by atoms with Gasteiger partial charge in [0.2, 0.25) is 0 Å². The first-order valence-electron chi connectivity index (χ1n) is 10.2. The summed E-state index contributed by atoms with van der Waals surface area (Å²) in [7, 11) is 0. The quantitative estimate of drug-likeness (QED) is 0.418. The zero-order valence-electron chi connectivity index (χ0n) is 16.8. The van der Waals surface area contributed by atoms with Crippen LogP contribution >= 0.6 is 11.6 Å². The molecule has 1 atom stereocenters. The zero-order valence-corrected chi connectivity index (χ0v) is 17.6. The van der Waals surface area contributed by atoms with Crippen LogP contribution < -0.4 is 4.90 Å². The van der Waals surface area contributed by atoms with Crippen LogP contribution in [0.3, 0.4) is 0 Å². The predicted molar refractivity (Wildman–Crippen MR) is 113 cm³/mol. The fourth-order valence-electron chi connectivity index (χ4n) is 4.08. The number of carbonyl (C=O) groups is 2. The average molecular weight is 446 g/mol. The van der Waals surface area contributed by atoms with Crippen LogP contribution in [0.4, 0.5) is 4.39 Å². The second-order valence-electron chi connectivity index (χ2n) is 7.63. The van der Waals surface area contributed by atoms with Crippen LogP contribution in [0.15, 0.2) is 54.1 Å². The second kappa shape index (κ2) is 9.18. The second-order valence-corrected chi connectivity index (χ2v) is 8.07. The third kappa shape index (κ3) is 4.35. The van der Waals surface area contributed by atoms with E-state index < -0.39 is 23.5 Å². The lowest BCUT2D eigenvalue weighted by atomic mass is 9.95. The number of halogens is 2. The number of hydrogen-bond donors (Lipinski definition) is 2. The van der Waals surface area contributed by atoms with Crippen LogP contribution in [0.25, 0.3) is 5.76 Å². The number of ether oxygens (including phenoxy) is 1. The topological polar surface area (TPSA) is 71.3 Å². The van der Waals surface area contributed by atoms with Gasteiger partial charge < -0.3 is 19.6 Å². The molecule has 0 spiro atoms. The largest absolute Gasteiger partial charge is 0.507 e. The predicted octanol–water partition coefficient (Wildman–Crippen LogP) is 1.82. The molecular weight excluding hydrogens is 423 g/mol. The van der Waals surface area contributed by atoms with Crippen LogP contribution in [0, 0.1) is 5.82 Å². The number of benzene rings is 2. The summed E-state index contributed by atoms with van der Waals surface area (Å²) in [6.07, 6.45) is 0. The van der Waals surface area contributed by atoms with Gasteiger partial charge in [-0.25, -0.2) is 4.39 Å². The number of carbonyl (C=O) groups excluding carboxylic acids is 2. The summed E-state index contributed by atoms with van der Waals surface area (Å²) in [4.78, 5) is 28.5. The highest BCUT2D eigenvalue weighted by Gasteiger charge is 2.47. The summed E-state index contributed by atoms with van der Waals surface area (Å²) in [5.74, 6) is -2.45. The smallest absolute Gasteiger partial charge is 0.295 e. The summed E-state index contributed by atoms with van der Waals surface area (Å²) in [5, 5.41) is 11.4. The molecule has 2 aliphatic heterocycles. The lowest BCUT2D eigenvalue weighted by molar-refractivity contribution is -0.907. The van der Waals surface area contributed by atoms with Crippen LogP contribution in [0.1, 0.15) is 17.2 Å². The Labute approximate surface area is 184 Å². The SMILES string of the molecule is O=C1C(=O)N(CC[NH+]2CCOCC2)[C@@H](c2ccccc2F)C1=C(O)c1ccc(Cl)cc1. The van der Waals surface area contributed by atoms with Gasteiger partial charge in [-0.15, -0.1) is 0 Å². The molecule has 0 bridgehead atoms. The lowest BCUT2D eigenvalue weighted by Gasteiger charge is -2.29. The van der Waals surface area contributed by atoms with Crippen molar-refractivity contribution in [3.05, 3.63) is 76.1 Å². The summed E-state index contributed by atoms with van der Waals surface area (Å²) >= 11 is 5.92. The first-order chi connectivity index (χ1) is 15.0. The highest BCUT2D eigenvalue weighted by molar-refractivity contribution is 6.46. The zero-order chi connectivity index (χ0) is 22.0. The van der Waals surface area contributed by atoms with Gasteiger partial charge in [0, 0.05) is 16.1 Å². The van der Waals surface area contributed by atoms with E-state index in [0.717, 1.165) is 13.1 Å². The van der Waals surface area contributed by atoms with Gasteiger partial charge in [0.15, 0.2) is 0 Å². The maximum absolute atomic E-state index is 14.8. The highest BCUT2D eigenvalue weighted by Crippen LogP contribution is 2.40. The van der Waals surface area contributed by atoms with E-state index in [1.54, 1.807) is 36.4 Å². The Balaban J connectivity index is 1.75. The van der Waals surface area contributed by atoms with Gasteiger partial charge in [0.05, 0.1) is 37.9 Å². The maximum Gasteiger partial charge on any atom is 0.295 e. The number of aliphatic hydroxyl groups is 1. The first kappa shape index (κ1) is 21.5. The summed E-state index contributed by atoms with van der Waals surface area (Å²) in [5.41, 5.74) is 0.395. The van der Waals surface area contributed by atoms with E-state index in [4.69, 9.17) is 16.3 Å². The molecular formula is C23H23ClFN2O4+. The van der Waals surface area contributed by atoms with E-state index >= 15 is 0 Å². The molecule has 4 rings (SSSR count). The molecule has 2 aliphatic rings. The molecule has 162 valence electrons. The molecule has 0 aliphatic carbocycles. The van der Waals surface area contributed by atoms with Gasteiger partial charge in [0.1, 0.15) is 24.7 Å². The molecule has 1 amide bonds. The van der Waals surface area contributed by atoms with Crippen LogP contribution in [-0.4, -0.2) is 61.1 Å². The number of quaternary nitrogens is 1. The van der Waals surface area contributed by atoms with E-state index in [1.165, 1.54) is 21.9 Å². The number of nitrogens with zero attached hydrogens (tertiary/aromatic N) is 1. The summed E-state index contributed by atoms with van der Waals surface area (Å²) in [6, 6.07) is 11.3. The number of nitrogens with one attached hydrogen (secondary N) is 1. The molecule has 2 N–H and O–H groups in total. The minimum absolute atomic E-state index is 0.116. The number of rotatable bonds is 5. The molecule has 31 heavy (non-hydrogen) atoms. The fourth-order valence-corrected chi connectivity index (χ4v) is 4.21. The van der Waals surface area contributed by atoms with Gasteiger partial charge in [-0.3, -0.25) is 9.59 Å². The van der Waals surface area contributed by atoms with Gasteiger partial charge in [-0.1, -0.05) is 29.8 Å². The van der Waals surface area contributed by atoms with Crippen LogP contribution in [0.2, 0.25) is 5.02 Å². The normalized spacial score (nSPS) is 21.6. The lowest BCUT2D eigenvalue weighted by Crippen LogP contribution is -3.14. The third-order valence-corrected chi connectivity index (χ3v) is 6.02. The Morgan fingerprint density at radius 3 is 2.48 bits per heavy atom. The van der Waals surface area contributed by atoms with E-state index in [2.05, 4.69) is 0 Å².